The van der Waals surface area contributed by atoms with Crippen LogP contribution in [-0.2, 0) is 4.74 Å². The average molecular weight is 234 g/mol. The van der Waals surface area contributed by atoms with Crippen LogP contribution in [0.25, 0.3) is 10.9 Å². The number of anilines is 2. The maximum absolute atomic E-state index is 6.00. The van der Waals surface area contributed by atoms with E-state index in [1.165, 1.54) is 0 Å². The van der Waals surface area contributed by atoms with Crippen molar-refractivity contribution >= 4 is 22.3 Å². The number of nitrogens with two attached hydrogens (primary N) is 1. The SMILES string of the molecule is COCC(C)(C)Nc1cc2[nH]ncc2cc1N. The monoisotopic (exact) mass is 234 g/mol. The molecule has 0 radical (unpaired) electrons. The molecule has 0 unspecified atom stereocenters. The van der Waals surface area contributed by atoms with Gasteiger partial charge in [0.05, 0.1) is 35.2 Å². The largest absolute Gasteiger partial charge is 0.397 e. The number of nitrogens with zero attached hydrogens (tertiary/aromatic N) is 1. The fraction of sp³-hybridized carbons (Fsp3) is 0.417. The Morgan fingerprint density at radius 2 is 2.24 bits per heavy atom. The van der Waals surface area contributed by atoms with Crippen molar-refractivity contribution in [2.45, 2.75) is 19.4 Å². The van der Waals surface area contributed by atoms with Gasteiger partial charge in [0.1, 0.15) is 0 Å². The fourth-order valence-corrected chi connectivity index (χ4v) is 1.88. The average Bonchev–Trinajstić information content (AvgIpc) is 2.64. The highest BCUT2D eigenvalue weighted by atomic mass is 16.5. The number of hydrogen-bond acceptors (Lipinski definition) is 4. The molecule has 1 aromatic heterocycles. The Balaban J connectivity index is 2.31. The van der Waals surface area contributed by atoms with Crippen LogP contribution in [0.15, 0.2) is 18.3 Å². The van der Waals surface area contributed by atoms with E-state index in [-0.39, 0.29) is 5.54 Å². The molecule has 0 saturated carbocycles. The summed E-state index contributed by atoms with van der Waals surface area (Å²) in [5.41, 5.74) is 8.41. The summed E-state index contributed by atoms with van der Waals surface area (Å²) >= 11 is 0. The second-order valence-electron chi connectivity index (χ2n) is 4.84. The third kappa shape index (κ3) is 2.50. The number of fused-ring (bicyclic) bond motifs is 1. The van der Waals surface area contributed by atoms with Crippen LogP contribution in [0.4, 0.5) is 11.4 Å². The summed E-state index contributed by atoms with van der Waals surface area (Å²) in [6, 6.07) is 3.87. The molecule has 2 aromatic rings. The summed E-state index contributed by atoms with van der Waals surface area (Å²) < 4.78 is 5.17. The highest BCUT2D eigenvalue weighted by Crippen LogP contribution is 2.27. The lowest BCUT2D eigenvalue weighted by Gasteiger charge is -2.27. The summed E-state index contributed by atoms with van der Waals surface area (Å²) in [4.78, 5) is 0. The molecule has 0 spiro atoms. The van der Waals surface area contributed by atoms with E-state index >= 15 is 0 Å². The smallest absolute Gasteiger partial charge is 0.0687 e. The van der Waals surface area contributed by atoms with E-state index in [9.17, 15) is 0 Å². The summed E-state index contributed by atoms with van der Waals surface area (Å²) in [5, 5.41) is 11.3. The normalized spacial score (nSPS) is 11.9. The number of hydrogen-bond donors (Lipinski definition) is 3. The zero-order chi connectivity index (χ0) is 12.5. The molecule has 5 nitrogen and oxygen atoms in total. The number of aromatic nitrogens is 2. The van der Waals surface area contributed by atoms with E-state index in [0.29, 0.717) is 12.3 Å². The predicted molar refractivity (Wildman–Crippen MR) is 70.1 cm³/mol. The number of nitrogens with one attached hydrogen (secondary N) is 2. The molecule has 2 rings (SSSR count). The Hall–Kier alpha value is -1.75. The quantitative estimate of drug-likeness (QED) is 0.707. The summed E-state index contributed by atoms with van der Waals surface area (Å²) in [7, 11) is 1.69. The van der Waals surface area contributed by atoms with E-state index in [2.05, 4.69) is 29.4 Å². The van der Waals surface area contributed by atoms with Crippen LogP contribution in [0.5, 0.6) is 0 Å². The Labute approximate surface area is 100 Å². The van der Waals surface area contributed by atoms with Crippen LogP contribution in [0.3, 0.4) is 0 Å². The number of benzene rings is 1. The van der Waals surface area contributed by atoms with Crippen molar-refractivity contribution in [3.05, 3.63) is 18.3 Å². The molecule has 0 saturated heterocycles. The number of rotatable bonds is 4. The van der Waals surface area contributed by atoms with Crippen LogP contribution in [0.1, 0.15) is 13.8 Å². The minimum Gasteiger partial charge on any atom is -0.397 e. The molecule has 0 atom stereocenters. The first-order chi connectivity index (χ1) is 8.02. The Morgan fingerprint density at radius 1 is 1.47 bits per heavy atom. The van der Waals surface area contributed by atoms with Crippen molar-refractivity contribution in [3.63, 3.8) is 0 Å². The maximum atomic E-state index is 6.00. The van der Waals surface area contributed by atoms with Crippen molar-refractivity contribution in [3.8, 4) is 0 Å². The fourth-order valence-electron chi connectivity index (χ4n) is 1.88. The van der Waals surface area contributed by atoms with Crippen LogP contribution in [-0.4, -0.2) is 29.5 Å². The Bertz CT molecular complexity index is 518. The van der Waals surface area contributed by atoms with Crippen LogP contribution >= 0.6 is 0 Å². The maximum Gasteiger partial charge on any atom is 0.0687 e. The number of ether oxygens (including phenoxy) is 1. The van der Waals surface area contributed by atoms with Crippen molar-refractivity contribution in [2.24, 2.45) is 0 Å². The molecule has 0 aliphatic rings. The summed E-state index contributed by atoms with van der Waals surface area (Å²) in [5.74, 6) is 0. The van der Waals surface area contributed by atoms with Gasteiger partial charge >= 0.3 is 0 Å². The molecule has 0 aliphatic heterocycles. The summed E-state index contributed by atoms with van der Waals surface area (Å²) in [6.45, 7) is 4.73. The van der Waals surface area contributed by atoms with E-state index in [0.717, 1.165) is 16.6 Å². The zero-order valence-corrected chi connectivity index (χ0v) is 10.4. The second-order valence-corrected chi connectivity index (χ2v) is 4.84. The summed E-state index contributed by atoms with van der Waals surface area (Å²) in [6.07, 6.45) is 1.76. The van der Waals surface area contributed by atoms with E-state index < -0.39 is 0 Å². The molecule has 17 heavy (non-hydrogen) atoms. The lowest BCUT2D eigenvalue weighted by molar-refractivity contribution is 0.158. The van der Waals surface area contributed by atoms with Gasteiger partial charge in [-0.2, -0.15) is 5.10 Å². The topological polar surface area (TPSA) is 76.0 Å². The molecule has 1 heterocycles. The molecular weight excluding hydrogens is 216 g/mol. The Kier molecular flexibility index (Phi) is 2.93. The highest BCUT2D eigenvalue weighted by Gasteiger charge is 2.18. The first kappa shape index (κ1) is 11.7. The lowest BCUT2D eigenvalue weighted by Crippen LogP contribution is -2.36. The standard InChI is InChI=1S/C12H18N4O/c1-12(2,7-17-3)15-11-5-10-8(4-9(11)13)6-14-16-10/h4-6,15H,7,13H2,1-3H3,(H,14,16). The van der Waals surface area contributed by atoms with Crippen molar-refractivity contribution in [1.29, 1.82) is 0 Å². The van der Waals surface area contributed by atoms with Gasteiger partial charge < -0.3 is 15.8 Å². The minimum absolute atomic E-state index is 0.170. The number of nitrogen functional groups attached to an aromatic ring is 1. The molecule has 92 valence electrons. The second kappa shape index (κ2) is 4.25. The Morgan fingerprint density at radius 3 is 2.94 bits per heavy atom. The first-order valence-corrected chi connectivity index (χ1v) is 5.51. The van der Waals surface area contributed by atoms with Crippen molar-refractivity contribution in [2.75, 3.05) is 24.8 Å². The minimum atomic E-state index is -0.170. The van der Waals surface area contributed by atoms with E-state index in [1.807, 2.05) is 12.1 Å². The third-order valence-electron chi connectivity index (χ3n) is 2.59. The van der Waals surface area contributed by atoms with E-state index in [4.69, 9.17) is 10.5 Å². The molecule has 5 heteroatoms. The van der Waals surface area contributed by atoms with Gasteiger partial charge in [-0.1, -0.05) is 0 Å². The molecule has 1 aromatic carbocycles. The number of H-pyrrole nitrogens is 1. The van der Waals surface area contributed by atoms with Crippen LogP contribution < -0.4 is 11.1 Å². The zero-order valence-electron chi connectivity index (χ0n) is 10.4. The van der Waals surface area contributed by atoms with Gasteiger partial charge in [-0.3, -0.25) is 5.10 Å². The van der Waals surface area contributed by atoms with Gasteiger partial charge in [-0.05, 0) is 26.0 Å². The van der Waals surface area contributed by atoms with Gasteiger partial charge in [0.15, 0.2) is 0 Å². The van der Waals surface area contributed by atoms with Gasteiger partial charge in [-0.15, -0.1) is 0 Å². The molecular formula is C12H18N4O. The number of aromatic amines is 1. The third-order valence-corrected chi connectivity index (χ3v) is 2.59. The lowest BCUT2D eigenvalue weighted by atomic mass is 10.1. The number of methoxy groups -OCH3 is 1. The molecule has 0 aliphatic carbocycles. The van der Waals surface area contributed by atoms with Gasteiger partial charge in [-0.25, -0.2) is 0 Å². The first-order valence-electron chi connectivity index (χ1n) is 5.51. The van der Waals surface area contributed by atoms with Crippen molar-refractivity contribution in [1.82, 2.24) is 10.2 Å². The van der Waals surface area contributed by atoms with E-state index in [1.54, 1.807) is 13.3 Å². The highest BCUT2D eigenvalue weighted by molar-refractivity contribution is 5.88. The van der Waals surface area contributed by atoms with Gasteiger partial charge in [0.25, 0.3) is 0 Å². The van der Waals surface area contributed by atoms with Crippen LogP contribution in [0.2, 0.25) is 0 Å². The molecule has 0 fully saturated rings. The van der Waals surface area contributed by atoms with Crippen molar-refractivity contribution < 1.29 is 4.74 Å². The molecule has 0 amide bonds. The van der Waals surface area contributed by atoms with Crippen LogP contribution in [0, 0.1) is 0 Å². The van der Waals surface area contributed by atoms with Gasteiger partial charge in [0, 0.05) is 12.5 Å². The molecule has 0 bridgehead atoms. The predicted octanol–water partition coefficient (Wildman–Crippen LogP) is 1.98. The molecule has 4 N–H and O–H groups in total. The van der Waals surface area contributed by atoms with Gasteiger partial charge in [0.2, 0.25) is 0 Å².